The Morgan fingerprint density at radius 2 is 2.09 bits per heavy atom. The minimum Gasteiger partial charge on any atom is -0.371 e. The molecule has 2 aromatic carbocycles. The quantitative estimate of drug-likeness (QED) is 0.906. The van der Waals surface area contributed by atoms with Crippen molar-refractivity contribution in [2.45, 2.75) is 12.6 Å². The topological polar surface area (TPSA) is 50.4 Å². The number of morpholine rings is 1. The van der Waals surface area contributed by atoms with E-state index < -0.39 is 0 Å². The Bertz CT molecular complexity index is 667. The van der Waals surface area contributed by atoms with Gasteiger partial charge >= 0.3 is 0 Å². The standard InChI is InChI=1S/C18H19ClN2O2/c19-16-3-1-2-15(10-16)18(22)21-11-13-4-6-14(7-5-13)17-12-20-8-9-23-17/h1-7,10,17,20H,8-9,11-12H2,(H,21,22). The number of rotatable bonds is 4. The summed E-state index contributed by atoms with van der Waals surface area (Å²) in [6.45, 7) is 2.96. The van der Waals surface area contributed by atoms with Gasteiger partial charge in [0.2, 0.25) is 0 Å². The fourth-order valence-corrected chi connectivity index (χ4v) is 2.73. The first-order valence-corrected chi connectivity index (χ1v) is 8.05. The maximum absolute atomic E-state index is 12.1. The molecule has 23 heavy (non-hydrogen) atoms. The van der Waals surface area contributed by atoms with E-state index in [9.17, 15) is 4.79 Å². The summed E-state index contributed by atoms with van der Waals surface area (Å²) in [5.74, 6) is -0.128. The second-order valence-corrected chi connectivity index (χ2v) is 5.93. The fraction of sp³-hybridized carbons (Fsp3) is 0.278. The molecule has 2 aromatic rings. The summed E-state index contributed by atoms with van der Waals surface area (Å²) in [7, 11) is 0. The lowest BCUT2D eigenvalue weighted by molar-refractivity contribution is 0.0277. The molecule has 0 spiro atoms. The van der Waals surface area contributed by atoms with Gasteiger partial charge in [-0.05, 0) is 29.3 Å². The number of hydrogen-bond donors (Lipinski definition) is 2. The Morgan fingerprint density at radius 1 is 1.26 bits per heavy atom. The Labute approximate surface area is 140 Å². The van der Waals surface area contributed by atoms with Gasteiger partial charge in [-0.3, -0.25) is 4.79 Å². The van der Waals surface area contributed by atoms with Crippen molar-refractivity contribution in [3.05, 3.63) is 70.2 Å². The van der Waals surface area contributed by atoms with Crippen molar-refractivity contribution in [2.24, 2.45) is 0 Å². The summed E-state index contributed by atoms with van der Waals surface area (Å²) in [4.78, 5) is 12.1. The summed E-state index contributed by atoms with van der Waals surface area (Å²) in [5, 5.41) is 6.78. The van der Waals surface area contributed by atoms with Crippen LogP contribution in [0.25, 0.3) is 0 Å². The number of hydrogen-bond acceptors (Lipinski definition) is 3. The van der Waals surface area contributed by atoms with Gasteiger partial charge in [-0.1, -0.05) is 41.9 Å². The van der Waals surface area contributed by atoms with Crippen LogP contribution in [0, 0.1) is 0 Å². The molecular weight excluding hydrogens is 312 g/mol. The summed E-state index contributed by atoms with van der Waals surface area (Å²) in [6, 6.07) is 15.1. The van der Waals surface area contributed by atoms with Crippen LogP contribution in [0.3, 0.4) is 0 Å². The lowest BCUT2D eigenvalue weighted by atomic mass is 10.1. The average Bonchev–Trinajstić information content (AvgIpc) is 2.61. The van der Waals surface area contributed by atoms with Crippen LogP contribution in [0.1, 0.15) is 27.6 Å². The molecule has 1 unspecified atom stereocenters. The van der Waals surface area contributed by atoms with Gasteiger partial charge in [-0.2, -0.15) is 0 Å². The predicted molar refractivity (Wildman–Crippen MR) is 90.6 cm³/mol. The van der Waals surface area contributed by atoms with Crippen molar-refractivity contribution in [1.82, 2.24) is 10.6 Å². The normalized spacial score (nSPS) is 17.7. The molecule has 5 heteroatoms. The second-order valence-electron chi connectivity index (χ2n) is 5.50. The van der Waals surface area contributed by atoms with Crippen molar-refractivity contribution in [3.8, 4) is 0 Å². The van der Waals surface area contributed by atoms with E-state index >= 15 is 0 Å². The lowest BCUT2D eigenvalue weighted by Gasteiger charge is -2.24. The predicted octanol–water partition coefficient (Wildman–Crippen LogP) is 2.93. The molecule has 0 aromatic heterocycles. The van der Waals surface area contributed by atoms with E-state index in [4.69, 9.17) is 16.3 Å². The van der Waals surface area contributed by atoms with E-state index in [1.807, 2.05) is 12.1 Å². The third kappa shape index (κ3) is 4.32. The maximum atomic E-state index is 12.1. The summed E-state index contributed by atoms with van der Waals surface area (Å²) in [5.41, 5.74) is 2.77. The number of nitrogens with one attached hydrogen (secondary N) is 2. The van der Waals surface area contributed by atoms with Crippen LogP contribution in [0.2, 0.25) is 5.02 Å². The van der Waals surface area contributed by atoms with E-state index in [1.165, 1.54) is 0 Å². The van der Waals surface area contributed by atoms with Gasteiger partial charge in [-0.25, -0.2) is 0 Å². The van der Waals surface area contributed by atoms with Crippen molar-refractivity contribution >= 4 is 17.5 Å². The number of carbonyl (C=O) groups is 1. The van der Waals surface area contributed by atoms with Gasteiger partial charge < -0.3 is 15.4 Å². The molecule has 3 rings (SSSR count). The lowest BCUT2D eigenvalue weighted by Crippen LogP contribution is -2.33. The fourth-order valence-electron chi connectivity index (χ4n) is 2.54. The molecule has 0 radical (unpaired) electrons. The third-order valence-corrected chi connectivity index (χ3v) is 4.05. The van der Waals surface area contributed by atoms with Gasteiger partial charge in [0.1, 0.15) is 0 Å². The highest BCUT2D eigenvalue weighted by atomic mass is 35.5. The minimum atomic E-state index is -0.128. The van der Waals surface area contributed by atoms with E-state index in [1.54, 1.807) is 24.3 Å². The Morgan fingerprint density at radius 3 is 2.78 bits per heavy atom. The zero-order valence-corrected chi connectivity index (χ0v) is 13.5. The third-order valence-electron chi connectivity index (χ3n) is 3.82. The molecule has 1 aliphatic heterocycles. The Kier molecular flexibility index (Phi) is 5.28. The van der Waals surface area contributed by atoms with Crippen LogP contribution in [-0.4, -0.2) is 25.6 Å². The van der Waals surface area contributed by atoms with Crippen LogP contribution in [0.4, 0.5) is 0 Å². The largest absolute Gasteiger partial charge is 0.371 e. The van der Waals surface area contributed by atoms with Crippen LogP contribution in [0.15, 0.2) is 48.5 Å². The van der Waals surface area contributed by atoms with Crippen molar-refractivity contribution in [1.29, 1.82) is 0 Å². The van der Waals surface area contributed by atoms with Gasteiger partial charge in [0, 0.05) is 30.2 Å². The first-order valence-electron chi connectivity index (χ1n) is 7.67. The molecule has 2 N–H and O–H groups in total. The molecule has 0 saturated carbocycles. The summed E-state index contributed by atoms with van der Waals surface area (Å²) < 4.78 is 5.73. The highest BCUT2D eigenvalue weighted by Crippen LogP contribution is 2.19. The number of amides is 1. The van der Waals surface area contributed by atoms with Gasteiger partial charge in [0.15, 0.2) is 0 Å². The van der Waals surface area contributed by atoms with Crippen LogP contribution in [-0.2, 0) is 11.3 Å². The molecule has 120 valence electrons. The summed E-state index contributed by atoms with van der Waals surface area (Å²) in [6.07, 6.45) is 0.110. The number of carbonyl (C=O) groups excluding carboxylic acids is 1. The molecule has 1 fully saturated rings. The van der Waals surface area contributed by atoms with E-state index in [0.717, 1.165) is 30.8 Å². The van der Waals surface area contributed by atoms with Crippen molar-refractivity contribution < 1.29 is 9.53 Å². The van der Waals surface area contributed by atoms with Crippen LogP contribution >= 0.6 is 11.6 Å². The monoisotopic (exact) mass is 330 g/mol. The Hall–Kier alpha value is -1.88. The number of benzene rings is 2. The van der Waals surface area contributed by atoms with Gasteiger partial charge in [-0.15, -0.1) is 0 Å². The maximum Gasteiger partial charge on any atom is 0.251 e. The number of halogens is 1. The zero-order valence-electron chi connectivity index (χ0n) is 12.7. The molecule has 4 nitrogen and oxygen atoms in total. The molecule has 1 heterocycles. The van der Waals surface area contributed by atoms with Crippen LogP contribution < -0.4 is 10.6 Å². The highest BCUT2D eigenvalue weighted by Gasteiger charge is 2.15. The number of ether oxygens (including phenoxy) is 1. The molecule has 1 amide bonds. The highest BCUT2D eigenvalue weighted by molar-refractivity contribution is 6.30. The smallest absolute Gasteiger partial charge is 0.251 e. The van der Waals surface area contributed by atoms with E-state index in [-0.39, 0.29) is 12.0 Å². The first-order chi connectivity index (χ1) is 11.2. The van der Waals surface area contributed by atoms with Gasteiger partial charge in [0.05, 0.1) is 12.7 Å². The zero-order chi connectivity index (χ0) is 16.1. The van der Waals surface area contributed by atoms with E-state index in [2.05, 4.69) is 22.8 Å². The molecule has 0 bridgehead atoms. The Balaban J connectivity index is 1.57. The van der Waals surface area contributed by atoms with Crippen molar-refractivity contribution in [3.63, 3.8) is 0 Å². The molecule has 0 aliphatic carbocycles. The molecule has 1 atom stereocenters. The van der Waals surface area contributed by atoms with Crippen molar-refractivity contribution in [2.75, 3.05) is 19.7 Å². The minimum absolute atomic E-state index is 0.110. The SMILES string of the molecule is O=C(NCc1ccc(C2CNCCO2)cc1)c1cccc(Cl)c1. The van der Waals surface area contributed by atoms with E-state index in [0.29, 0.717) is 17.1 Å². The second kappa shape index (κ2) is 7.59. The van der Waals surface area contributed by atoms with Gasteiger partial charge in [0.25, 0.3) is 5.91 Å². The molecular formula is C18H19ClN2O2. The van der Waals surface area contributed by atoms with Crippen LogP contribution in [0.5, 0.6) is 0 Å². The molecule has 1 aliphatic rings. The summed E-state index contributed by atoms with van der Waals surface area (Å²) >= 11 is 5.90. The first kappa shape index (κ1) is 16.0. The molecule has 1 saturated heterocycles. The average molecular weight is 331 g/mol.